The van der Waals surface area contributed by atoms with Crippen molar-refractivity contribution in [3.63, 3.8) is 0 Å². The Bertz CT molecular complexity index is 603. The SMILES string of the molecule is C[C@H]1C[C@H](C)CN(C(=O)CC(c2ccccc2)c2ccccc2)C1. The van der Waals surface area contributed by atoms with Gasteiger partial charge in [-0.1, -0.05) is 74.5 Å². The van der Waals surface area contributed by atoms with Crippen LogP contribution in [0.1, 0.15) is 43.7 Å². The molecular weight excluding hydrogens is 294 g/mol. The zero-order chi connectivity index (χ0) is 16.9. The molecule has 1 aliphatic heterocycles. The van der Waals surface area contributed by atoms with Crippen LogP contribution < -0.4 is 0 Å². The summed E-state index contributed by atoms with van der Waals surface area (Å²) in [7, 11) is 0. The monoisotopic (exact) mass is 321 g/mol. The van der Waals surface area contributed by atoms with Crippen LogP contribution in [0.2, 0.25) is 0 Å². The van der Waals surface area contributed by atoms with E-state index in [0.29, 0.717) is 18.3 Å². The van der Waals surface area contributed by atoms with Gasteiger partial charge >= 0.3 is 0 Å². The molecule has 0 bridgehead atoms. The number of likely N-dealkylation sites (tertiary alicyclic amines) is 1. The van der Waals surface area contributed by atoms with Crippen LogP contribution in [0, 0.1) is 11.8 Å². The first kappa shape index (κ1) is 16.8. The Morgan fingerprint density at radius 1 is 0.917 bits per heavy atom. The molecule has 1 saturated heterocycles. The number of carbonyl (C=O) groups is 1. The van der Waals surface area contributed by atoms with Gasteiger partial charge in [-0.25, -0.2) is 0 Å². The lowest BCUT2D eigenvalue weighted by Crippen LogP contribution is -2.43. The lowest BCUT2D eigenvalue weighted by atomic mass is 9.87. The molecule has 1 aliphatic rings. The van der Waals surface area contributed by atoms with E-state index in [9.17, 15) is 4.79 Å². The standard InChI is InChI=1S/C22H27NO/c1-17-13-18(2)16-23(15-17)22(24)14-21(19-9-5-3-6-10-19)20-11-7-4-8-12-20/h3-12,17-18,21H,13-16H2,1-2H3/t17-,18-/m0/s1. The van der Waals surface area contributed by atoms with Crippen LogP contribution in [0.15, 0.2) is 60.7 Å². The first-order valence-corrected chi connectivity index (χ1v) is 9.01. The maximum atomic E-state index is 13.0. The van der Waals surface area contributed by atoms with Crippen molar-refractivity contribution in [1.82, 2.24) is 4.90 Å². The Morgan fingerprint density at radius 2 is 1.38 bits per heavy atom. The van der Waals surface area contributed by atoms with Gasteiger partial charge in [0, 0.05) is 25.4 Å². The number of amides is 1. The lowest BCUT2D eigenvalue weighted by Gasteiger charge is -2.36. The minimum Gasteiger partial charge on any atom is -0.342 e. The Balaban J connectivity index is 1.81. The fraction of sp³-hybridized carbons (Fsp3) is 0.409. The van der Waals surface area contributed by atoms with Gasteiger partial charge in [0.25, 0.3) is 0 Å². The van der Waals surface area contributed by atoms with Crippen LogP contribution in [-0.4, -0.2) is 23.9 Å². The van der Waals surface area contributed by atoms with Crippen LogP contribution in [0.25, 0.3) is 0 Å². The molecule has 0 radical (unpaired) electrons. The Hall–Kier alpha value is -2.09. The van der Waals surface area contributed by atoms with Gasteiger partial charge < -0.3 is 4.90 Å². The van der Waals surface area contributed by atoms with Gasteiger partial charge in [-0.2, -0.15) is 0 Å². The van der Waals surface area contributed by atoms with E-state index in [2.05, 4.69) is 67.3 Å². The zero-order valence-corrected chi connectivity index (χ0v) is 14.7. The highest BCUT2D eigenvalue weighted by atomic mass is 16.2. The van der Waals surface area contributed by atoms with Gasteiger partial charge in [0.2, 0.25) is 5.91 Å². The van der Waals surface area contributed by atoms with Crippen LogP contribution in [0.3, 0.4) is 0 Å². The van der Waals surface area contributed by atoms with Crippen LogP contribution >= 0.6 is 0 Å². The summed E-state index contributed by atoms with van der Waals surface area (Å²) in [6.45, 7) is 6.31. The first-order valence-electron chi connectivity index (χ1n) is 9.01. The topological polar surface area (TPSA) is 20.3 Å². The summed E-state index contributed by atoms with van der Waals surface area (Å²) in [5.41, 5.74) is 2.44. The highest BCUT2D eigenvalue weighted by molar-refractivity contribution is 5.78. The number of nitrogens with zero attached hydrogens (tertiary/aromatic N) is 1. The van der Waals surface area contributed by atoms with Gasteiger partial charge in [0.15, 0.2) is 0 Å². The van der Waals surface area contributed by atoms with Gasteiger partial charge in [0.05, 0.1) is 0 Å². The largest absolute Gasteiger partial charge is 0.342 e. The number of hydrogen-bond donors (Lipinski definition) is 0. The fourth-order valence-electron chi connectivity index (χ4n) is 3.97. The van der Waals surface area contributed by atoms with Crippen LogP contribution in [0.5, 0.6) is 0 Å². The molecule has 1 heterocycles. The van der Waals surface area contributed by atoms with E-state index in [-0.39, 0.29) is 11.8 Å². The summed E-state index contributed by atoms with van der Waals surface area (Å²) in [6.07, 6.45) is 1.78. The number of piperidine rings is 1. The number of rotatable bonds is 4. The maximum Gasteiger partial charge on any atom is 0.223 e. The molecule has 2 heteroatoms. The maximum absolute atomic E-state index is 13.0. The van der Waals surface area contributed by atoms with Crippen LogP contribution in [0.4, 0.5) is 0 Å². The van der Waals surface area contributed by atoms with Gasteiger partial charge in [0.1, 0.15) is 0 Å². The molecule has 0 spiro atoms. The summed E-state index contributed by atoms with van der Waals surface area (Å²) >= 11 is 0. The third-order valence-electron chi connectivity index (χ3n) is 5.00. The molecule has 2 aromatic carbocycles. The van der Waals surface area contributed by atoms with Crippen molar-refractivity contribution in [1.29, 1.82) is 0 Å². The molecule has 1 fully saturated rings. The smallest absolute Gasteiger partial charge is 0.223 e. The number of benzene rings is 2. The summed E-state index contributed by atoms with van der Waals surface area (Å²) < 4.78 is 0. The Kier molecular flexibility index (Phi) is 5.34. The molecule has 0 aliphatic carbocycles. The van der Waals surface area contributed by atoms with Crippen molar-refractivity contribution in [3.05, 3.63) is 71.8 Å². The van der Waals surface area contributed by atoms with E-state index in [1.165, 1.54) is 17.5 Å². The molecule has 3 rings (SSSR count). The Morgan fingerprint density at radius 3 is 1.83 bits per heavy atom. The molecular formula is C22H27NO. The van der Waals surface area contributed by atoms with Crippen molar-refractivity contribution >= 4 is 5.91 Å². The summed E-state index contributed by atoms with van der Waals surface area (Å²) in [6, 6.07) is 20.8. The van der Waals surface area contributed by atoms with Gasteiger partial charge in [-0.05, 0) is 29.4 Å². The predicted molar refractivity (Wildman–Crippen MR) is 98.9 cm³/mol. The van der Waals surface area contributed by atoms with E-state index in [1.54, 1.807) is 0 Å². The number of carbonyl (C=O) groups excluding carboxylic acids is 1. The third kappa shape index (κ3) is 4.05. The van der Waals surface area contributed by atoms with Crippen molar-refractivity contribution in [2.45, 2.75) is 32.6 Å². The van der Waals surface area contributed by atoms with E-state index >= 15 is 0 Å². The van der Waals surface area contributed by atoms with Crippen molar-refractivity contribution < 1.29 is 4.79 Å². The van der Waals surface area contributed by atoms with E-state index < -0.39 is 0 Å². The second kappa shape index (κ2) is 7.65. The number of hydrogen-bond acceptors (Lipinski definition) is 1. The highest BCUT2D eigenvalue weighted by Crippen LogP contribution is 2.30. The average molecular weight is 321 g/mol. The third-order valence-corrected chi connectivity index (χ3v) is 5.00. The van der Waals surface area contributed by atoms with Crippen LogP contribution in [-0.2, 0) is 4.79 Å². The molecule has 1 amide bonds. The van der Waals surface area contributed by atoms with Crippen molar-refractivity contribution in [2.75, 3.05) is 13.1 Å². The summed E-state index contributed by atoms with van der Waals surface area (Å²) in [5.74, 6) is 1.62. The Labute approximate surface area is 145 Å². The molecule has 0 aromatic heterocycles. The summed E-state index contributed by atoms with van der Waals surface area (Å²) in [4.78, 5) is 15.1. The van der Waals surface area contributed by atoms with E-state index in [1.807, 2.05) is 12.1 Å². The fourth-order valence-corrected chi connectivity index (χ4v) is 3.97. The molecule has 126 valence electrons. The average Bonchev–Trinajstić information content (AvgIpc) is 2.60. The summed E-state index contributed by atoms with van der Waals surface area (Å²) in [5, 5.41) is 0. The second-order valence-corrected chi connectivity index (χ2v) is 7.32. The molecule has 2 nitrogen and oxygen atoms in total. The van der Waals surface area contributed by atoms with Gasteiger partial charge in [-0.3, -0.25) is 4.79 Å². The molecule has 2 atom stereocenters. The van der Waals surface area contributed by atoms with Crippen molar-refractivity contribution in [2.24, 2.45) is 11.8 Å². The molecule has 0 saturated carbocycles. The molecule has 2 aromatic rings. The van der Waals surface area contributed by atoms with Crippen molar-refractivity contribution in [3.8, 4) is 0 Å². The normalized spacial score (nSPS) is 21.0. The minimum atomic E-state index is 0.132. The highest BCUT2D eigenvalue weighted by Gasteiger charge is 2.27. The quantitative estimate of drug-likeness (QED) is 0.798. The lowest BCUT2D eigenvalue weighted by molar-refractivity contribution is -0.134. The predicted octanol–water partition coefficient (Wildman–Crippen LogP) is 4.71. The molecule has 24 heavy (non-hydrogen) atoms. The van der Waals surface area contributed by atoms with Gasteiger partial charge in [-0.15, -0.1) is 0 Å². The second-order valence-electron chi connectivity index (χ2n) is 7.32. The van der Waals surface area contributed by atoms with E-state index in [0.717, 1.165) is 13.1 Å². The zero-order valence-electron chi connectivity index (χ0n) is 14.7. The van der Waals surface area contributed by atoms with E-state index in [4.69, 9.17) is 0 Å². The molecule has 0 N–H and O–H groups in total. The molecule has 0 unspecified atom stereocenters. The first-order chi connectivity index (χ1) is 11.6. The minimum absolute atomic E-state index is 0.132.